The van der Waals surface area contributed by atoms with Crippen molar-refractivity contribution in [2.45, 2.75) is 44.6 Å². The van der Waals surface area contributed by atoms with Gasteiger partial charge in [-0.1, -0.05) is 42.8 Å². The van der Waals surface area contributed by atoms with Gasteiger partial charge in [-0.2, -0.15) is 21.4 Å². The summed E-state index contributed by atoms with van der Waals surface area (Å²) in [6.45, 7) is 0.502. The van der Waals surface area contributed by atoms with Gasteiger partial charge in [-0.05, 0) is 60.7 Å². The molecule has 4 aromatic rings. The van der Waals surface area contributed by atoms with Crippen molar-refractivity contribution in [2.24, 2.45) is 0 Å². The number of aryl methyl sites for hydroxylation is 1. The molecule has 232 valence electrons. The molecule has 0 bridgehead atoms. The van der Waals surface area contributed by atoms with E-state index in [1.807, 2.05) is 78.9 Å². The highest BCUT2D eigenvalue weighted by atomic mass is 32.2. The van der Waals surface area contributed by atoms with Crippen LogP contribution < -0.4 is 14.0 Å². The minimum absolute atomic E-state index is 0.144. The van der Waals surface area contributed by atoms with Crippen molar-refractivity contribution in [1.29, 1.82) is 0 Å². The molecule has 1 aliphatic rings. The van der Waals surface area contributed by atoms with E-state index >= 15 is 0 Å². The molecule has 0 saturated carbocycles. The highest BCUT2D eigenvalue weighted by Crippen LogP contribution is 2.45. The second kappa shape index (κ2) is 13.5. The number of rotatable bonds is 13. The van der Waals surface area contributed by atoms with Gasteiger partial charge in [0, 0.05) is 36.1 Å². The number of aromatic nitrogens is 1. The fraction of sp³-hybridized carbons (Fsp3) is 0.303. The van der Waals surface area contributed by atoms with Gasteiger partial charge in [0.05, 0.1) is 24.0 Å². The van der Waals surface area contributed by atoms with E-state index in [1.54, 1.807) is 7.11 Å². The molecule has 0 fully saturated rings. The van der Waals surface area contributed by atoms with E-state index in [1.165, 1.54) is 0 Å². The molecule has 2 heterocycles. The molecule has 0 amide bonds. The van der Waals surface area contributed by atoms with Gasteiger partial charge in [0.15, 0.2) is 0 Å². The van der Waals surface area contributed by atoms with Crippen LogP contribution in [0.4, 0.5) is 0 Å². The van der Waals surface area contributed by atoms with Gasteiger partial charge < -0.3 is 9.47 Å². The fourth-order valence-electron chi connectivity index (χ4n) is 5.65. The molecule has 3 aromatic carbocycles. The average Bonchev–Trinajstić information content (AvgIpc) is 3.33. The Labute approximate surface area is 258 Å². The van der Waals surface area contributed by atoms with E-state index in [2.05, 4.69) is 10.6 Å². The molecule has 44 heavy (non-hydrogen) atoms. The van der Waals surface area contributed by atoms with Crippen molar-refractivity contribution in [3.8, 4) is 22.6 Å². The Hall–Kier alpha value is -3.77. The molecule has 1 unspecified atom stereocenters. The maximum atomic E-state index is 11.3. The maximum Gasteiger partial charge on any atom is 0.264 e. The van der Waals surface area contributed by atoms with Crippen LogP contribution >= 0.6 is 0 Å². The molecule has 1 aliphatic heterocycles. The number of hydrogen-bond donors (Lipinski definition) is 2. The quantitative estimate of drug-likeness (QED) is 0.103. The van der Waals surface area contributed by atoms with Gasteiger partial charge in [0.25, 0.3) is 20.2 Å². The summed E-state index contributed by atoms with van der Waals surface area (Å²) in [5.41, 5.74) is 4.91. The monoisotopic (exact) mass is 638 g/mol. The lowest BCUT2D eigenvalue weighted by Crippen LogP contribution is -2.38. The SMILES string of the molecule is COc1ccc2c(ccc(C=C3Oc4ccc(-c5ccccc5)cc4C3CCCCS(=O)(=O)O)[n+]2CCCCS(=O)(=O)O)c1. The van der Waals surface area contributed by atoms with E-state index in [0.717, 1.165) is 50.5 Å². The van der Waals surface area contributed by atoms with Crippen molar-refractivity contribution in [2.75, 3.05) is 18.6 Å². The highest BCUT2D eigenvalue weighted by molar-refractivity contribution is 7.86. The van der Waals surface area contributed by atoms with Crippen LogP contribution in [0.3, 0.4) is 0 Å². The summed E-state index contributed by atoms with van der Waals surface area (Å²) in [5.74, 6) is 1.42. The summed E-state index contributed by atoms with van der Waals surface area (Å²) >= 11 is 0. The topological polar surface area (TPSA) is 131 Å². The highest BCUT2D eigenvalue weighted by Gasteiger charge is 2.31. The normalized spacial score (nSPS) is 15.8. The molecule has 2 N–H and O–H groups in total. The number of benzene rings is 3. The smallest absolute Gasteiger partial charge is 0.264 e. The van der Waals surface area contributed by atoms with Crippen molar-refractivity contribution in [3.05, 3.63) is 95.9 Å². The van der Waals surface area contributed by atoms with E-state index < -0.39 is 20.2 Å². The first kappa shape index (κ1) is 31.6. The molecule has 0 aliphatic carbocycles. The number of fused-ring (bicyclic) bond motifs is 2. The van der Waals surface area contributed by atoms with Crippen LogP contribution in [0.2, 0.25) is 0 Å². The first-order valence-corrected chi connectivity index (χ1v) is 17.7. The molecule has 1 aromatic heterocycles. The Morgan fingerprint density at radius 2 is 1.55 bits per heavy atom. The van der Waals surface area contributed by atoms with Gasteiger partial charge in [0.1, 0.15) is 23.8 Å². The predicted molar refractivity (Wildman–Crippen MR) is 170 cm³/mol. The Morgan fingerprint density at radius 1 is 0.818 bits per heavy atom. The number of methoxy groups -OCH3 is 1. The summed E-state index contributed by atoms with van der Waals surface area (Å²) in [5, 5.41) is 0.950. The number of ether oxygens (including phenoxy) is 2. The van der Waals surface area contributed by atoms with Crippen LogP contribution in [0.1, 0.15) is 49.3 Å². The minimum Gasteiger partial charge on any atom is -0.497 e. The molecule has 0 saturated heterocycles. The molecule has 1 atom stereocenters. The second-order valence-corrected chi connectivity index (χ2v) is 14.1. The van der Waals surface area contributed by atoms with Gasteiger partial charge in [-0.15, -0.1) is 0 Å². The third kappa shape index (κ3) is 8.03. The zero-order valence-corrected chi connectivity index (χ0v) is 26.1. The van der Waals surface area contributed by atoms with E-state index in [9.17, 15) is 25.9 Å². The van der Waals surface area contributed by atoms with Gasteiger partial charge in [0.2, 0.25) is 11.2 Å². The summed E-state index contributed by atoms with van der Waals surface area (Å²) in [6.07, 6.45) is 4.31. The number of nitrogens with zero attached hydrogens (tertiary/aromatic N) is 1. The van der Waals surface area contributed by atoms with Gasteiger partial charge >= 0.3 is 0 Å². The zero-order chi connectivity index (χ0) is 31.3. The van der Waals surface area contributed by atoms with Crippen LogP contribution in [-0.4, -0.2) is 44.6 Å². The lowest BCUT2D eigenvalue weighted by molar-refractivity contribution is -0.673. The third-order valence-corrected chi connectivity index (χ3v) is 9.41. The molecule has 5 rings (SSSR count). The van der Waals surface area contributed by atoms with Gasteiger partial charge in [-0.25, -0.2) is 0 Å². The van der Waals surface area contributed by atoms with Crippen LogP contribution in [0.5, 0.6) is 11.5 Å². The van der Waals surface area contributed by atoms with E-state index in [0.29, 0.717) is 38.6 Å². The fourth-order valence-corrected chi connectivity index (χ4v) is 6.79. The van der Waals surface area contributed by atoms with Crippen LogP contribution in [-0.2, 0) is 26.8 Å². The van der Waals surface area contributed by atoms with Crippen LogP contribution in [0.15, 0.2) is 84.6 Å². The standard InChI is InChI=1S/C33H35NO8S2/c1-41-28-15-16-31-26(21-28)12-14-27(34(31)18-6-8-20-44(38,39)40)23-33-29(11-5-7-19-43(35,36)37)30-22-25(13-17-32(30)42-33)24-9-3-2-4-10-24/h2-4,9-10,12-17,21-23,29H,5-8,11,18-20H2,1H3,(H-,35,36,37,38,39,40)/p+1. The van der Waals surface area contributed by atoms with E-state index in [4.69, 9.17) is 9.47 Å². The second-order valence-electron chi connectivity index (χ2n) is 10.9. The predicted octanol–water partition coefficient (Wildman–Crippen LogP) is 6.05. The lowest BCUT2D eigenvalue weighted by atomic mass is 9.90. The molecular weight excluding hydrogens is 602 g/mol. The summed E-state index contributed by atoms with van der Waals surface area (Å²) in [4.78, 5) is 0. The van der Waals surface area contributed by atoms with Crippen molar-refractivity contribution >= 4 is 37.2 Å². The Kier molecular flexibility index (Phi) is 9.69. The zero-order valence-electron chi connectivity index (χ0n) is 24.4. The molecule has 0 spiro atoms. The summed E-state index contributed by atoms with van der Waals surface area (Å²) in [6, 6.07) is 25.9. The Balaban J connectivity index is 1.52. The Morgan fingerprint density at radius 3 is 2.25 bits per heavy atom. The average molecular weight is 639 g/mol. The number of unbranched alkanes of at least 4 members (excludes halogenated alkanes) is 2. The van der Waals surface area contributed by atoms with E-state index in [-0.39, 0.29) is 17.4 Å². The van der Waals surface area contributed by atoms with Crippen molar-refractivity contribution in [3.63, 3.8) is 0 Å². The molecule has 11 heteroatoms. The number of pyridine rings is 1. The number of allylic oxidation sites excluding steroid dienone is 1. The lowest BCUT2D eigenvalue weighted by Gasteiger charge is -2.12. The Bertz CT molecular complexity index is 1890. The van der Waals surface area contributed by atoms with Gasteiger partial charge in [-0.3, -0.25) is 9.11 Å². The largest absolute Gasteiger partial charge is 0.497 e. The number of hydrogen-bond acceptors (Lipinski definition) is 6. The van der Waals surface area contributed by atoms with Crippen LogP contribution in [0.25, 0.3) is 28.1 Å². The first-order valence-electron chi connectivity index (χ1n) is 14.5. The summed E-state index contributed by atoms with van der Waals surface area (Å²) < 4.78 is 77.7. The van der Waals surface area contributed by atoms with Crippen molar-refractivity contribution in [1.82, 2.24) is 0 Å². The minimum atomic E-state index is -4.05. The summed E-state index contributed by atoms with van der Waals surface area (Å²) in [7, 11) is -6.49. The molecular formula is C33H36NO8S2+. The molecule has 0 radical (unpaired) electrons. The van der Waals surface area contributed by atoms with Crippen LogP contribution in [0, 0.1) is 0 Å². The maximum absolute atomic E-state index is 11.3. The third-order valence-electron chi connectivity index (χ3n) is 7.80. The first-order chi connectivity index (χ1) is 21.0. The molecule has 9 nitrogen and oxygen atoms in total. The van der Waals surface area contributed by atoms with Crippen molar-refractivity contribution < 1.29 is 40.0 Å².